The highest BCUT2D eigenvalue weighted by molar-refractivity contribution is 5.58. The van der Waals surface area contributed by atoms with Gasteiger partial charge in [0.15, 0.2) is 0 Å². The van der Waals surface area contributed by atoms with E-state index in [0.29, 0.717) is 11.4 Å². The van der Waals surface area contributed by atoms with E-state index in [1.807, 2.05) is 20.8 Å². The monoisotopic (exact) mass is 261 g/mol. The van der Waals surface area contributed by atoms with Crippen LogP contribution >= 0.6 is 0 Å². The molecule has 0 atom stereocenters. The first-order chi connectivity index (χ1) is 8.93. The van der Waals surface area contributed by atoms with E-state index in [4.69, 9.17) is 5.84 Å². The van der Waals surface area contributed by atoms with Crippen molar-refractivity contribution in [1.82, 2.24) is 9.78 Å². The van der Waals surface area contributed by atoms with Gasteiger partial charge in [0.05, 0.1) is 22.0 Å². The Morgan fingerprint density at radius 1 is 1.32 bits per heavy atom. The van der Waals surface area contributed by atoms with Gasteiger partial charge in [0.1, 0.15) is 0 Å². The lowest BCUT2D eigenvalue weighted by atomic mass is 10.2. The molecule has 0 aliphatic carbocycles. The van der Waals surface area contributed by atoms with Gasteiger partial charge in [-0.15, -0.1) is 0 Å². The Balaban J connectivity index is 2.64. The molecule has 0 fully saturated rings. The number of nitro benzene ring substituents is 1. The highest BCUT2D eigenvalue weighted by Crippen LogP contribution is 2.25. The zero-order valence-electron chi connectivity index (χ0n) is 11.0. The molecule has 0 aliphatic heterocycles. The number of benzene rings is 1. The summed E-state index contributed by atoms with van der Waals surface area (Å²) in [5.41, 5.74) is 6.37. The van der Waals surface area contributed by atoms with Crippen molar-refractivity contribution in [2.75, 3.05) is 5.43 Å². The molecule has 1 aromatic carbocycles. The topological polar surface area (TPSA) is 99.0 Å². The van der Waals surface area contributed by atoms with Crippen molar-refractivity contribution in [1.29, 1.82) is 0 Å². The van der Waals surface area contributed by atoms with Gasteiger partial charge in [0.2, 0.25) is 0 Å². The molecular formula is C12H15N5O2. The molecule has 2 rings (SSSR count). The Kier molecular flexibility index (Phi) is 3.22. The Bertz CT molecular complexity index is 648. The number of aromatic nitrogens is 2. The van der Waals surface area contributed by atoms with E-state index in [0.717, 1.165) is 17.0 Å². The maximum Gasteiger partial charge on any atom is 0.273 e. The third kappa shape index (κ3) is 2.27. The van der Waals surface area contributed by atoms with Crippen LogP contribution in [0.5, 0.6) is 0 Å². The quantitative estimate of drug-likeness (QED) is 0.500. The number of nitrogen functional groups attached to an aromatic ring is 1. The third-order valence-electron chi connectivity index (χ3n) is 3.18. The van der Waals surface area contributed by atoms with Crippen molar-refractivity contribution < 1.29 is 4.92 Å². The number of rotatable bonds is 3. The van der Waals surface area contributed by atoms with Crippen LogP contribution in [-0.2, 0) is 0 Å². The van der Waals surface area contributed by atoms with E-state index in [2.05, 4.69) is 10.5 Å². The molecule has 7 heteroatoms. The van der Waals surface area contributed by atoms with Gasteiger partial charge >= 0.3 is 0 Å². The van der Waals surface area contributed by atoms with Crippen LogP contribution in [0.15, 0.2) is 18.2 Å². The number of anilines is 1. The number of aryl methyl sites for hydroxylation is 1. The zero-order valence-corrected chi connectivity index (χ0v) is 11.0. The number of hydrogen-bond acceptors (Lipinski definition) is 5. The lowest BCUT2D eigenvalue weighted by molar-refractivity contribution is -0.384. The Labute approximate surface area is 110 Å². The van der Waals surface area contributed by atoms with Crippen LogP contribution in [0.1, 0.15) is 17.0 Å². The second kappa shape index (κ2) is 4.69. The van der Waals surface area contributed by atoms with E-state index in [-0.39, 0.29) is 5.69 Å². The average Bonchev–Trinajstić information content (AvgIpc) is 2.66. The van der Waals surface area contributed by atoms with E-state index < -0.39 is 4.92 Å². The van der Waals surface area contributed by atoms with Gasteiger partial charge in [-0.05, 0) is 32.4 Å². The third-order valence-corrected chi connectivity index (χ3v) is 3.18. The summed E-state index contributed by atoms with van der Waals surface area (Å²) in [6.45, 7) is 5.79. The zero-order chi connectivity index (χ0) is 14.2. The molecule has 19 heavy (non-hydrogen) atoms. The SMILES string of the molecule is Cc1nn(-c2cc(NN)cc([N+](=O)[O-])c2)c(C)c1C. The number of nitro groups is 1. The van der Waals surface area contributed by atoms with E-state index in [1.54, 1.807) is 10.7 Å². The Hall–Kier alpha value is -2.41. The molecule has 1 heterocycles. The minimum atomic E-state index is -0.455. The van der Waals surface area contributed by atoms with Gasteiger partial charge in [-0.1, -0.05) is 0 Å². The van der Waals surface area contributed by atoms with Crippen molar-refractivity contribution >= 4 is 11.4 Å². The molecular weight excluding hydrogens is 246 g/mol. The molecule has 0 unspecified atom stereocenters. The van der Waals surface area contributed by atoms with Crippen LogP contribution in [0.4, 0.5) is 11.4 Å². The van der Waals surface area contributed by atoms with Gasteiger partial charge < -0.3 is 5.43 Å². The summed E-state index contributed by atoms with van der Waals surface area (Å²) < 4.78 is 1.68. The maximum atomic E-state index is 10.9. The van der Waals surface area contributed by atoms with Gasteiger partial charge in [-0.3, -0.25) is 16.0 Å². The van der Waals surface area contributed by atoms with Crippen LogP contribution < -0.4 is 11.3 Å². The number of hydrazine groups is 1. The first-order valence-electron chi connectivity index (χ1n) is 5.73. The highest BCUT2D eigenvalue weighted by atomic mass is 16.6. The molecule has 0 aliphatic rings. The van der Waals surface area contributed by atoms with Crippen LogP contribution in [-0.4, -0.2) is 14.7 Å². The van der Waals surface area contributed by atoms with Crippen molar-refractivity contribution in [3.8, 4) is 5.69 Å². The predicted octanol–water partition coefficient (Wildman–Crippen LogP) is 1.99. The average molecular weight is 261 g/mol. The summed E-state index contributed by atoms with van der Waals surface area (Å²) in [5.74, 6) is 5.34. The van der Waals surface area contributed by atoms with Gasteiger partial charge in [-0.2, -0.15) is 5.10 Å². The number of nitrogens with zero attached hydrogens (tertiary/aromatic N) is 3. The fourth-order valence-corrected chi connectivity index (χ4v) is 1.88. The molecule has 0 radical (unpaired) electrons. The highest BCUT2D eigenvalue weighted by Gasteiger charge is 2.14. The summed E-state index contributed by atoms with van der Waals surface area (Å²) in [5, 5.41) is 15.3. The van der Waals surface area contributed by atoms with Crippen LogP contribution in [0.25, 0.3) is 5.69 Å². The standard InChI is InChI=1S/C12H15N5O2/c1-7-8(2)15-16(9(7)3)11-4-10(14-13)5-12(6-11)17(18)19/h4-6,14H,13H2,1-3H3. The summed E-state index contributed by atoms with van der Waals surface area (Å²) >= 11 is 0. The molecule has 0 saturated carbocycles. The Morgan fingerprint density at radius 2 is 2.00 bits per heavy atom. The minimum absolute atomic E-state index is 0.0318. The normalized spacial score (nSPS) is 10.5. The fourth-order valence-electron chi connectivity index (χ4n) is 1.88. The number of non-ortho nitro benzene ring substituents is 1. The first-order valence-corrected chi connectivity index (χ1v) is 5.73. The molecule has 0 saturated heterocycles. The van der Waals surface area contributed by atoms with E-state index in [9.17, 15) is 10.1 Å². The summed E-state index contributed by atoms with van der Waals surface area (Å²) in [7, 11) is 0. The second-order valence-electron chi connectivity index (χ2n) is 4.35. The summed E-state index contributed by atoms with van der Waals surface area (Å²) in [6, 6.07) is 4.56. The molecule has 0 bridgehead atoms. The summed E-state index contributed by atoms with van der Waals surface area (Å²) in [6.07, 6.45) is 0. The van der Waals surface area contributed by atoms with Crippen molar-refractivity contribution in [2.45, 2.75) is 20.8 Å². The van der Waals surface area contributed by atoms with E-state index in [1.165, 1.54) is 12.1 Å². The van der Waals surface area contributed by atoms with Crippen LogP contribution in [0, 0.1) is 30.9 Å². The predicted molar refractivity (Wildman–Crippen MR) is 72.2 cm³/mol. The fraction of sp³-hybridized carbons (Fsp3) is 0.250. The molecule has 7 nitrogen and oxygen atoms in total. The molecule has 1 aromatic heterocycles. The maximum absolute atomic E-state index is 10.9. The lowest BCUT2D eigenvalue weighted by Crippen LogP contribution is -2.09. The molecule has 100 valence electrons. The van der Waals surface area contributed by atoms with E-state index >= 15 is 0 Å². The van der Waals surface area contributed by atoms with Crippen molar-refractivity contribution in [2.24, 2.45) is 5.84 Å². The van der Waals surface area contributed by atoms with Gasteiger partial charge in [-0.25, -0.2) is 4.68 Å². The van der Waals surface area contributed by atoms with Gasteiger partial charge in [0, 0.05) is 17.8 Å². The molecule has 3 N–H and O–H groups in total. The van der Waals surface area contributed by atoms with Crippen molar-refractivity contribution in [3.05, 3.63) is 45.3 Å². The number of hydrogen-bond donors (Lipinski definition) is 2. The summed E-state index contributed by atoms with van der Waals surface area (Å²) in [4.78, 5) is 10.5. The molecule has 0 amide bonds. The number of nitrogens with one attached hydrogen (secondary N) is 1. The van der Waals surface area contributed by atoms with Crippen LogP contribution in [0.3, 0.4) is 0 Å². The Morgan fingerprint density at radius 3 is 2.47 bits per heavy atom. The van der Waals surface area contributed by atoms with Crippen LogP contribution in [0.2, 0.25) is 0 Å². The minimum Gasteiger partial charge on any atom is -0.324 e. The second-order valence-corrected chi connectivity index (χ2v) is 4.35. The first kappa shape index (κ1) is 13.0. The largest absolute Gasteiger partial charge is 0.324 e. The molecule has 0 spiro atoms. The van der Waals surface area contributed by atoms with Gasteiger partial charge in [0.25, 0.3) is 5.69 Å². The smallest absolute Gasteiger partial charge is 0.273 e. The lowest BCUT2D eigenvalue weighted by Gasteiger charge is -2.07. The number of nitrogens with two attached hydrogens (primary N) is 1. The van der Waals surface area contributed by atoms with Crippen molar-refractivity contribution in [3.63, 3.8) is 0 Å². The molecule has 2 aromatic rings.